The number of nitrogens with one attached hydrogen (secondary N) is 1. The lowest BCUT2D eigenvalue weighted by Gasteiger charge is -2.05. The van der Waals surface area contributed by atoms with Crippen LogP contribution in [-0.4, -0.2) is 10.2 Å². The number of carbonyl (C=O) groups excluding carboxylic acids is 1. The number of hydrogen-bond donors (Lipinski definition) is 1. The van der Waals surface area contributed by atoms with Gasteiger partial charge in [0.05, 0.1) is 5.92 Å². The summed E-state index contributed by atoms with van der Waals surface area (Å²) in [5.41, 5.74) is 1.04. The lowest BCUT2D eigenvalue weighted by Crippen LogP contribution is -2.26. The van der Waals surface area contributed by atoms with Crippen molar-refractivity contribution in [2.75, 3.05) is 0 Å². The molecule has 0 bridgehead atoms. The maximum Gasteiger partial charge on any atom is 0.226 e. The van der Waals surface area contributed by atoms with Gasteiger partial charge in [0.15, 0.2) is 0 Å². The van der Waals surface area contributed by atoms with Crippen LogP contribution in [0.1, 0.15) is 12.0 Å². The van der Waals surface area contributed by atoms with Crippen molar-refractivity contribution < 1.29 is 4.79 Å². The molecule has 2 nitrogen and oxygen atoms in total. The van der Waals surface area contributed by atoms with Crippen molar-refractivity contribution >= 4 is 45.0 Å². The van der Waals surface area contributed by atoms with Crippen LogP contribution >= 0.6 is 39.1 Å². The van der Waals surface area contributed by atoms with Crippen molar-refractivity contribution in [3.05, 3.63) is 34.3 Å². The van der Waals surface area contributed by atoms with E-state index in [1.807, 2.05) is 24.3 Å². The molecule has 1 atom stereocenters. The number of benzene rings is 1. The number of amides is 1. The molecule has 1 aromatic carbocycles. The monoisotopic (exact) mass is 321 g/mol. The zero-order chi connectivity index (χ0) is 11.8. The highest BCUT2D eigenvalue weighted by atomic mass is 79.9. The first-order valence-electron chi connectivity index (χ1n) is 4.89. The van der Waals surface area contributed by atoms with Crippen LogP contribution in [0.3, 0.4) is 0 Å². The molecule has 0 spiro atoms. The fraction of sp³-hybridized carbons (Fsp3) is 0.364. The maximum atomic E-state index is 11.6. The Hall–Kier alpha value is -0.250. The summed E-state index contributed by atoms with van der Waals surface area (Å²) in [4.78, 5) is 11.6. The van der Waals surface area contributed by atoms with Crippen LogP contribution in [0.15, 0.2) is 28.7 Å². The molecule has 5 heteroatoms. The second-order valence-corrected chi connectivity index (χ2v) is 6.32. The third-order valence-electron chi connectivity index (χ3n) is 2.50. The molecular formula is C11H10BrCl2NO. The first-order valence-corrected chi connectivity index (χ1v) is 6.44. The zero-order valence-electron chi connectivity index (χ0n) is 8.34. The number of rotatable bonds is 3. The molecule has 0 aliphatic heterocycles. The average molecular weight is 323 g/mol. The molecule has 86 valence electrons. The van der Waals surface area contributed by atoms with E-state index < -0.39 is 4.33 Å². The minimum Gasteiger partial charge on any atom is -0.352 e. The topological polar surface area (TPSA) is 29.1 Å². The number of carbonyl (C=O) groups is 1. The Morgan fingerprint density at radius 2 is 2.25 bits per heavy atom. The predicted octanol–water partition coefficient (Wildman–Crippen LogP) is 3.26. The molecule has 0 radical (unpaired) electrons. The van der Waals surface area contributed by atoms with E-state index in [2.05, 4.69) is 21.2 Å². The van der Waals surface area contributed by atoms with Gasteiger partial charge >= 0.3 is 0 Å². The Kier molecular flexibility index (Phi) is 3.48. The highest BCUT2D eigenvalue weighted by Crippen LogP contribution is 2.53. The van der Waals surface area contributed by atoms with Crippen LogP contribution < -0.4 is 5.32 Å². The molecule has 1 amide bonds. The molecule has 1 unspecified atom stereocenters. The van der Waals surface area contributed by atoms with Crippen molar-refractivity contribution in [1.29, 1.82) is 0 Å². The molecule has 1 fully saturated rings. The van der Waals surface area contributed by atoms with E-state index in [-0.39, 0.29) is 11.8 Å². The number of halogens is 3. The summed E-state index contributed by atoms with van der Waals surface area (Å²) >= 11 is 15.0. The summed E-state index contributed by atoms with van der Waals surface area (Å²) in [5, 5.41) is 2.82. The molecule has 2 rings (SSSR count). The largest absolute Gasteiger partial charge is 0.352 e. The van der Waals surface area contributed by atoms with Gasteiger partial charge < -0.3 is 5.32 Å². The van der Waals surface area contributed by atoms with Gasteiger partial charge in [-0.2, -0.15) is 0 Å². The van der Waals surface area contributed by atoms with Gasteiger partial charge in [-0.1, -0.05) is 28.1 Å². The van der Waals surface area contributed by atoms with Gasteiger partial charge in [0.2, 0.25) is 5.91 Å². The van der Waals surface area contributed by atoms with Crippen molar-refractivity contribution in [3.8, 4) is 0 Å². The minimum atomic E-state index is -0.846. The van der Waals surface area contributed by atoms with E-state index in [1.54, 1.807) is 0 Å². The van der Waals surface area contributed by atoms with E-state index in [0.29, 0.717) is 13.0 Å². The molecule has 0 aromatic heterocycles. The number of alkyl halides is 2. The molecule has 1 N–H and O–H groups in total. The van der Waals surface area contributed by atoms with Gasteiger partial charge in [-0.15, -0.1) is 23.2 Å². The fourth-order valence-corrected chi connectivity index (χ4v) is 2.41. The average Bonchev–Trinajstić information content (AvgIpc) is 2.85. The molecule has 1 aliphatic rings. The third kappa shape index (κ3) is 2.90. The Balaban J connectivity index is 1.86. The predicted molar refractivity (Wildman–Crippen MR) is 68.5 cm³/mol. The van der Waals surface area contributed by atoms with Gasteiger partial charge in [0.25, 0.3) is 0 Å². The minimum absolute atomic E-state index is 0.0787. The second-order valence-electron chi connectivity index (χ2n) is 3.87. The van der Waals surface area contributed by atoms with Gasteiger partial charge in [0.1, 0.15) is 4.33 Å². The van der Waals surface area contributed by atoms with E-state index in [9.17, 15) is 4.79 Å². The Bertz CT molecular complexity index is 422. The standard InChI is InChI=1S/C11H10BrCl2NO/c12-8-3-1-2-7(4-8)6-15-10(16)9-5-11(9,13)14/h1-4,9H,5-6H2,(H,15,16). The lowest BCUT2D eigenvalue weighted by molar-refractivity contribution is -0.122. The van der Waals surface area contributed by atoms with Crippen molar-refractivity contribution in [3.63, 3.8) is 0 Å². The third-order valence-corrected chi connectivity index (χ3v) is 3.83. The summed E-state index contributed by atoms with van der Waals surface area (Å²) in [7, 11) is 0. The van der Waals surface area contributed by atoms with Gasteiger partial charge in [-0.25, -0.2) is 0 Å². The van der Waals surface area contributed by atoms with E-state index >= 15 is 0 Å². The van der Waals surface area contributed by atoms with Crippen LogP contribution in [0.5, 0.6) is 0 Å². The second kappa shape index (κ2) is 4.55. The zero-order valence-corrected chi connectivity index (χ0v) is 11.4. The number of hydrogen-bond acceptors (Lipinski definition) is 1. The molecule has 1 saturated carbocycles. The summed E-state index contributed by atoms with van der Waals surface area (Å²) in [6, 6.07) is 7.78. The van der Waals surface area contributed by atoms with Crippen molar-refractivity contribution in [1.82, 2.24) is 5.32 Å². The molecular weight excluding hydrogens is 313 g/mol. The highest BCUT2D eigenvalue weighted by Gasteiger charge is 2.56. The maximum absolute atomic E-state index is 11.6. The summed E-state index contributed by atoms with van der Waals surface area (Å²) in [6.07, 6.45) is 0.542. The smallest absolute Gasteiger partial charge is 0.226 e. The van der Waals surface area contributed by atoms with Crippen molar-refractivity contribution in [2.24, 2.45) is 5.92 Å². The van der Waals surface area contributed by atoms with Crippen LogP contribution in [0.25, 0.3) is 0 Å². The van der Waals surface area contributed by atoms with Gasteiger partial charge in [-0.05, 0) is 24.1 Å². The van der Waals surface area contributed by atoms with Crippen LogP contribution in [0.4, 0.5) is 0 Å². The summed E-state index contributed by atoms with van der Waals surface area (Å²) in [5.74, 6) is -0.340. The summed E-state index contributed by atoms with van der Waals surface area (Å²) < 4.78 is 0.149. The van der Waals surface area contributed by atoms with Gasteiger partial charge in [-0.3, -0.25) is 4.79 Å². The van der Waals surface area contributed by atoms with E-state index in [1.165, 1.54) is 0 Å². The Morgan fingerprint density at radius 1 is 1.56 bits per heavy atom. The van der Waals surface area contributed by atoms with E-state index in [0.717, 1.165) is 10.0 Å². The van der Waals surface area contributed by atoms with Crippen LogP contribution in [0, 0.1) is 5.92 Å². The Morgan fingerprint density at radius 3 is 2.81 bits per heavy atom. The quantitative estimate of drug-likeness (QED) is 0.850. The highest BCUT2D eigenvalue weighted by molar-refractivity contribution is 9.10. The first kappa shape index (κ1) is 12.2. The van der Waals surface area contributed by atoms with Crippen LogP contribution in [-0.2, 0) is 11.3 Å². The van der Waals surface area contributed by atoms with Crippen molar-refractivity contribution in [2.45, 2.75) is 17.3 Å². The summed E-state index contributed by atoms with van der Waals surface area (Å²) in [6.45, 7) is 0.499. The Labute approximate surface area is 112 Å². The SMILES string of the molecule is O=C(NCc1cccc(Br)c1)C1CC1(Cl)Cl. The molecule has 16 heavy (non-hydrogen) atoms. The molecule has 0 saturated heterocycles. The first-order chi connectivity index (χ1) is 7.49. The van der Waals surface area contributed by atoms with Crippen LogP contribution in [0.2, 0.25) is 0 Å². The molecule has 0 heterocycles. The van der Waals surface area contributed by atoms with E-state index in [4.69, 9.17) is 23.2 Å². The lowest BCUT2D eigenvalue weighted by atomic mass is 10.2. The molecule has 1 aliphatic carbocycles. The fourth-order valence-electron chi connectivity index (χ4n) is 1.46. The normalized spacial score (nSPS) is 21.6. The molecule has 1 aromatic rings. The van der Waals surface area contributed by atoms with Gasteiger partial charge in [0, 0.05) is 11.0 Å².